The molecule has 0 aliphatic heterocycles. The molecule has 0 saturated carbocycles. The van der Waals surface area contributed by atoms with Gasteiger partial charge in [-0.2, -0.15) is 13.7 Å². The molecule has 2 aromatic rings. The highest BCUT2D eigenvalue weighted by molar-refractivity contribution is 7.87. The standard InChI is InChI=1S/C14H10FNO3S/c1-10-4-2-3-5-14(10)19-20(17,18)12-6-7-13(15)11(8-12)9-16/h2-8H,1H3. The molecule has 102 valence electrons. The Labute approximate surface area is 116 Å². The number of hydrogen-bond donors (Lipinski definition) is 0. The third-order valence-electron chi connectivity index (χ3n) is 2.64. The smallest absolute Gasteiger partial charge is 0.339 e. The lowest BCUT2D eigenvalue weighted by Gasteiger charge is -2.09. The third kappa shape index (κ3) is 2.78. The van der Waals surface area contributed by atoms with Crippen molar-refractivity contribution in [3.8, 4) is 11.8 Å². The zero-order chi connectivity index (χ0) is 14.8. The molecule has 0 atom stereocenters. The van der Waals surface area contributed by atoms with Crippen molar-refractivity contribution in [3.05, 3.63) is 59.4 Å². The van der Waals surface area contributed by atoms with E-state index in [1.54, 1.807) is 31.2 Å². The predicted octanol–water partition coefficient (Wildman–Crippen LogP) is 2.77. The number of nitriles is 1. The van der Waals surface area contributed by atoms with Gasteiger partial charge in [-0.1, -0.05) is 18.2 Å². The fourth-order valence-electron chi connectivity index (χ4n) is 1.56. The Kier molecular flexibility index (Phi) is 3.72. The largest absolute Gasteiger partial charge is 0.379 e. The molecule has 6 heteroatoms. The van der Waals surface area contributed by atoms with E-state index in [2.05, 4.69) is 0 Å². The summed E-state index contributed by atoms with van der Waals surface area (Å²) in [6, 6.07) is 11.1. The summed E-state index contributed by atoms with van der Waals surface area (Å²) in [5.74, 6) is -0.585. The Bertz CT molecular complexity index is 794. The van der Waals surface area contributed by atoms with Crippen molar-refractivity contribution in [1.29, 1.82) is 5.26 Å². The number of aryl methyl sites for hydroxylation is 1. The van der Waals surface area contributed by atoms with E-state index in [1.165, 1.54) is 6.07 Å². The molecular formula is C14H10FNO3S. The molecule has 0 aliphatic rings. The molecule has 0 aliphatic carbocycles. The lowest BCUT2D eigenvalue weighted by molar-refractivity contribution is 0.484. The summed E-state index contributed by atoms with van der Waals surface area (Å²) in [7, 11) is -4.10. The second kappa shape index (κ2) is 5.31. The number of para-hydroxylation sites is 1. The van der Waals surface area contributed by atoms with Gasteiger partial charge in [-0.25, -0.2) is 4.39 Å². The van der Waals surface area contributed by atoms with Crippen LogP contribution < -0.4 is 4.18 Å². The number of rotatable bonds is 3. The van der Waals surface area contributed by atoms with Gasteiger partial charge in [0.25, 0.3) is 0 Å². The molecule has 0 saturated heterocycles. The van der Waals surface area contributed by atoms with Crippen LogP contribution in [0.3, 0.4) is 0 Å². The highest BCUT2D eigenvalue weighted by Gasteiger charge is 2.19. The first-order valence-corrected chi connectivity index (χ1v) is 7.04. The van der Waals surface area contributed by atoms with Crippen LogP contribution >= 0.6 is 0 Å². The summed E-state index contributed by atoms with van der Waals surface area (Å²) < 4.78 is 42.3. The lowest BCUT2D eigenvalue weighted by Crippen LogP contribution is -2.11. The molecule has 0 unspecified atom stereocenters. The first-order chi connectivity index (χ1) is 9.44. The van der Waals surface area contributed by atoms with E-state index in [1.807, 2.05) is 0 Å². The van der Waals surface area contributed by atoms with Crippen molar-refractivity contribution in [3.63, 3.8) is 0 Å². The molecule has 0 heterocycles. The highest BCUT2D eigenvalue weighted by atomic mass is 32.2. The van der Waals surface area contributed by atoms with Crippen LogP contribution in [0, 0.1) is 24.1 Å². The van der Waals surface area contributed by atoms with E-state index < -0.39 is 15.9 Å². The van der Waals surface area contributed by atoms with Gasteiger partial charge in [-0.15, -0.1) is 0 Å². The van der Waals surface area contributed by atoms with E-state index in [9.17, 15) is 12.8 Å². The van der Waals surface area contributed by atoms with Crippen LogP contribution in [0.1, 0.15) is 11.1 Å². The number of nitrogens with zero attached hydrogens (tertiary/aromatic N) is 1. The van der Waals surface area contributed by atoms with E-state index in [4.69, 9.17) is 9.44 Å². The maximum absolute atomic E-state index is 13.2. The summed E-state index contributed by atoms with van der Waals surface area (Å²) in [5.41, 5.74) is 0.304. The van der Waals surface area contributed by atoms with Gasteiger partial charge in [0, 0.05) is 0 Å². The molecule has 2 aromatic carbocycles. The van der Waals surface area contributed by atoms with Gasteiger partial charge in [-0.05, 0) is 36.8 Å². The Balaban J connectivity index is 2.42. The Morgan fingerprint density at radius 2 is 1.90 bits per heavy atom. The first-order valence-electron chi connectivity index (χ1n) is 5.64. The molecule has 4 nitrogen and oxygen atoms in total. The number of benzene rings is 2. The fourth-order valence-corrected chi connectivity index (χ4v) is 2.58. The summed E-state index contributed by atoms with van der Waals surface area (Å²) in [6.07, 6.45) is 0. The van der Waals surface area contributed by atoms with Gasteiger partial charge in [0.2, 0.25) is 0 Å². The Morgan fingerprint density at radius 1 is 1.20 bits per heavy atom. The minimum atomic E-state index is -4.10. The van der Waals surface area contributed by atoms with Crippen LogP contribution in [0.2, 0.25) is 0 Å². The maximum atomic E-state index is 13.2. The van der Waals surface area contributed by atoms with Gasteiger partial charge in [-0.3, -0.25) is 0 Å². The van der Waals surface area contributed by atoms with Crippen LogP contribution in [-0.4, -0.2) is 8.42 Å². The summed E-state index contributed by atoms with van der Waals surface area (Å²) >= 11 is 0. The molecule has 0 bridgehead atoms. The quantitative estimate of drug-likeness (QED) is 0.815. The second-order valence-corrected chi connectivity index (χ2v) is 5.60. The van der Waals surface area contributed by atoms with Gasteiger partial charge >= 0.3 is 10.1 Å². The normalized spacial score (nSPS) is 10.8. The lowest BCUT2D eigenvalue weighted by atomic mass is 10.2. The van der Waals surface area contributed by atoms with Crippen molar-refractivity contribution in [2.45, 2.75) is 11.8 Å². The van der Waals surface area contributed by atoms with Crippen molar-refractivity contribution < 1.29 is 17.0 Å². The van der Waals surface area contributed by atoms with Crippen LogP contribution in [-0.2, 0) is 10.1 Å². The number of hydrogen-bond acceptors (Lipinski definition) is 4. The van der Waals surface area contributed by atoms with Crippen molar-refractivity contribution >= 4 is 10.1 Å². The van der Waals surface area contributed by atoms with E-state index in [-0.39, 0.29) is 16.2 Å². The van der Waals surface area contributed by atoms with Gasteiger partial charge in [0.15, 0.2) is 0 Å². The molecular weight excluding hydrogens is 281 g/mol. The van der Waals surface area contributed by atoms with Gasteiger partial charge in [0.05, 0.1) is 5.56 Å². The zero-order valence-corrected chi connectivity index (χ0v) is 11.3. The molecule has 0 aromatic heterocycles. The van der Waals surface area contributed by atoms with E-state index in [0.29, 0.717) is 5.56 Å². The SMILES string of the molecule is Cc1ccccc1OS(=O)(=O)c1ccc(F)c(C#N)c1. The monoisotopic (exact) mass is 291 g/mol. The van der Waals surface area contributed by atoms with Crippen molar-refractivity contribution in [1.82, 2.24) is 0 Å². The maximum Gasteiger partial charge on any atom is 0.339 e. The minimum absolute atomic E-state index is 0.190. The summed E-state index contributed by atoms with van der Waals surface area (Å²) in [6.45, 7) is 1.70. The average molecular weight is 291 g/mol. The van der Waals surface area contributed by atoms with E-state index >= 15 is 0 Å². The van der Waals surface area contributed by atoms with Gasteiger partial charge < -0.3 is 4.18 Å². The molecule has 0 fully saturated rings. The van der Waals surface area contributed by atoms with Gasteiger partial charge in [0.1, 0.15) is 22.5 Å². The molecule has 2 rings (SSSR count). The zero-order valence-electron chi connectivity index (χ0n) is 10.5. The van der Waals surface area contributed by atoms with Crippen molar-refractivity contribution in [2.24, 2.45) is 0 Å². The van der Waals surface area contributed by atoms with Crippen LogP contribution in [0.25, 0.3) is 0 Å². The Morgan fingerprint density at radius 3 is 2.55 bits per heavy atom. The molecule has 20 heavy (non-hydrogen) atoms. The summed E-state index contributed by atoms with van der Waals surface area (Å²) in [4.78, 5) is -0.265. The van der Waals surface area contributed by atoms with Crippen molar-refractivity contribution in [2.75, 3.05) is 0 Å². The minimum Gasteiger partial charge on any atom is -0.379 e. The molecule has 0 spiro atoms. The molecule has 0 radical (unpaired) electrons. The third-order valence-corrected chi connectivity index (χ3v) is 3.87. The molecule has 0 N–H and O–H groups in total. The summed E-state index contributed by atoms with van der Waals surface area (Å²) in [5, 5.41) is 8.72. The Hall–Kier alpha value is -2.39. The van der Waals surface area contributed by atoms with E-state index in [0.717, 1.165) is 18.2 Å². The first kappa shape index (κ1) is 14.0. The number of halogens is 1. The van der Waals surface area contributed by atoms with Crippen LogP contribution in [0.15, 0.2) is 47.4 Å². The van der Waals surface area contributed by atoms with Crippen LogP contribution in [0.4, 0.5) is 4.39 Å². The highest BCUT2D eigenvalue weighted by Crippen LogP contribution is 2.23. The van der Waals surface area contributed by atoms with Crippen LogP contribution in [0.5, 0.6) is 5.75 Å². The fraction of sp³-hybridized carbons (Fsp3) is 0.0714. The average Bonchev–Trinajstić information content (AvgIpc) is 2.41. The topological polar surface area (TPSA) is 67.2 Å². The second-order valence-electron chi connectivity index (χ2n) is 4.06. The predicted molar refractivity (Wildman–Crippen MR) is 70.1 cm³/mol. The molecule has 0 amide bonds.